The van der Waals surface area contributed by atoms with Gasteiger partial charge >= 0.3 is 0 Å². The van der Waals surface area contributed by atoms with E-state index in [0.29, 0.717) is 23.7 Å². The third kappa shape index (κ3) is 3.99. The number of ether oxygens (including phenoxy) is 1. The summed E-state index contributed by atoms with van der Waals surface area (Å²) in [4.78, 5) is 37.6. The Kier molecular flexibility index (Phi) is 5.69. The molecule has 1 amide bonds. The van der Waals surface area contributed by atoms with E-state index in [2.05, 4.69) is 4.99 Å². The lowest BCUT2D eigenvalue weighted by atomic mass is 10.1. The van der Waals surface area contributed by atoms with Crippen LogP contribution >= 0.6 is 11.3 Å². The van der Waals surface area contributed by atoms with Gasteiger partial charge in [0.15, 0.2) is 4.80 Å². The SMILES string of the molecule is CCOc1cccc2sc(=NC(=O)c3cc([N+](=O)[O-])cc([N+](=O)[O-])c3)n(CC)c12. The standard InChI is InChI=1S/C18H16N4O6S/c1-3-20-16-14(28-4-2)6-5-7-15(16)29-18(20)19-17(23)11-8-12(21(24)25)10-13(9-11)22(26)27/h5-10H,3-4H2,1-2H3. The lowest BCUT2D eigenvalue weighted by Gasteiger charge is -2.07. The Labute approximate surface area is 168 Å². The van der Waals surface area contributed by atoms with Crippen molar-refractivity contribution in [3.05, 3.63) is 67.0 Å². The number of para-hydroxylation sites is 1. The lowest BCUT2D eigenvalue weighted by Crippen LogP contribution is -2.16. The highest BCUT2D eigenvalue weighted by Crippen LogP contribution is 2.28. The number of amides is 1. The molecule has 3 aromatic rings. The maximum atomic E-state index is 12.7. The Hall–Kier alpha value is -3.60. The van der Waals surface area contributed by atoms with Crippen molar-refractivity contribution >= 4 is 38.8 Å². The van der Waals surface area contributed by atoms with Crippen LogP contribution in [-0.4, -0.2) is 26.9 Å². The molecule has 0 spiro atoms. The largest absolute Gasteiger partial charge is 0.492 e. The van der Waals surface area contributed by atoms with E-state index >= 15 is 0 Å². The van der Waals surface area contributed by atoms with Crippen molar-refractivity contribution in [2.45, 2.75) is 20.4 Å². The molecule has 29 heavy (non-hydrogen) atoms. The number of non-ortho nitro benzene ring substituents is 2. The number of aryl methyl sites for hydroxylation is 1. The molecule has 1 heterocycles. The number of carbonyl (C=O) groups excluding carboxylic acids is 1. The Balaban J connectivity index is 2.17. The van der Waals surface area contributed by atoms with Gasteiger partial charge in [0.2, 0.25) is 0 Å². The maximum Gasteiger partial charge on any atom is 0.280 e. The Bertz CT molecular complexity index is 1160. The third-order valence-corrected chi connectivity index (χ3v) is 5.09. The van der Waals surface area contributed by atoms with Crippen molar-refractivity contribution in [3.8, 4) is 5.75 Å². The molecule has 0 saturated heterocycles. The summed E-state index contributed by atoms with van der Waals surface area (Å²) in [6, 6.07) is 8.29. The highest BCUT2D eigenvalue weighted by molar-refractivity contribution is 7.16. The first-order valence-electron chi connectivity index (χ1n) is 8.63. The second kappa shape index (κ2) is 8.19. The van der Waals surface area contributed by atoms with E-state index < -0.39 is 27.1 Å². The Morgan fingerprint density at radius 2 is 1.79 bits per heavy atom. The first kappa shape index (κ1) is 20.1. The molecule has 0 bridgehead atoms. The van der Waals surface area contributed by atoms with Crippen molar-refractivity contribution in [3.63, 3.8) is 0 Å². The van der Waals surface area contributed by atoms with Gasteiger partial charge in [-0.25, -0.2) is 0 Å². The number of fused-ring (bicyclic) bond motifs is 1. The molecule has 0 N–H and O–H groups in total. The molecule has 0 aliphatic heterocycles. The minimum Gasteiger partial charge on any atom is -0.492 e. The molecule has 2 aromatic carbocycles. The van der Waals surface area contributed by atoms with E-state index in [-0.39, 0.29) is 5.56 Å². The van der Waals surface area contributed by atoms with Gasteiger partial charge in [-0.2, -0.15) is 4.99 Å². The Morgan fingerprint density at radius 3 is 2.34 bits per heavy atom. The molecule has 11 heteroatoms. The number of aromatic nitrogens is 1. The van der Waals surface area contributed by atoms with Crippen molar-refractivity contribution in [2.75, 3.05) is 6.61 Å². The van der Waals surface area contributed by atoms with E-state index in [1.165, 1.54) is 11.3 Å². The van der Waals surface area contributed by atoms with E-state index in [1.54, 1.807) is 4.57 Å². The van der Waals surface area contributed by atoms with E-state index in [9.17, 15) is 25.0 Å². The quantitative estimate of drug-likeness (QED) is 0.445. The zero-order chi connectivity index (χ0) is 21.1. The fourth-order valence-corrected chi connectivity index (χ4v) is 3.94. The number of hydrogen-bond donors (Lipinski definition) is 0. The van der Waals surface area contributed by atoms with Gasteiger partial charge in [-0.3, -0.25) is 25.0 Å². The molecule has 150 valence electrons. The maximum absolute atomic E-state index is 12.7. The van der Waals surface area contributed by atoms with Crippen molar-refractivity contribution < 1.29 is 19.4 Å². The van der Waals surface area contributed by atoms with E-state index in [1.807, 2.05) is 32.0 Å². The minimum atomic E-state index is -0.802. The smallest absolute Gasteiger partial charge is 0.280 e. The number of nitro benzene ring substituents is 2. The molecular formula is C18H16N4O6S. The second-order valence-corrected chi connectivity index (χ2v) is 6.84. The first-order chi connectivity index (χ1) is 13.8. The van der Waals surface area contributed by atoms with Gasteiger partial charge in [0.05, 0.1) is 32.8 Å². The predicted octanol–water partition coefficient (Wildman–Crippen LogP) is 3.68. The zero-order valence-electron chi connectivity index (χ0n) is 15.5. The number of nitrogens with zero attached hydrogens (tertiary/aromatic N) is 4. The number of hydrogen-bond acceptors (Lipinski definition) is 7. The highest BCUT2D eigenvalue weighted by atomic mass is 32.1. The van der Waals surface area contributed by atoms with Crippen LogP contribution < -0.4 is 9.54 Å². The molecule has 3 rings (SSSR count). The van der Waals surface area contributed by atoms with Gasteiger partial charge in [0.1, 0.15) is 11.3 Å². The van der Waals surface area contributed by atoms with Crippen LogP contribution in [-0.2, 0) is 6.54 Å². The van der Waals surface area contributed by atoms with Crippen molar-refractivity contribution in [2.24, 2.45) is 4.99 Å². The van der Waals surface area contributed by atoms with Crippen molar-refractivity contribution in [1.29, 1.82) is 0 Å². The minimum absolute atomic E-state index is 0.226. The van der Waals surface area contributed by atoms with Gasteiger partial charge in [0, 0.05) is 18.7 Å². The topological polar surface area (TPSA) is 130 Å². The summed E-state index contributed by atoms with van der Waals surface area (Å²) in [6.45, 7) is 4.73. The van der Waals surface area contributed by atoms with Crippen LogP contribution in [0.4, 0.5) is 11.4 Å². The molecule has 0 unspecified atom stereocenters. The monoisotopic (exact) mass is 416 g/mol. The summed E-state index contributed by atoms with van der Waals surface area (Å²) < 4.78 is 8.31. The number of nitro groups is 2. The van der Waals surface area contributed by atoms with Crippen LogP contribution in [0.25, 0.3) is 10.2 Å². The number of benzene rings is 2. The molecule has 0 aliphatic rings. The Morgan fingerprint density at radius 1 is 1.14 bits per heavy atom. The summed E-state index contributed by atoms with van der Waals surface area (Å²) in [7, 11) is 0. The number of thiazole rings is 1. The summed E-state index contributed by atoms with van der Waals surface area (Å²) >= 11 is 1.26. The summed E-state index contributed by atoms with van der Waals surface area (Å²) in [5, 5.41) is 22.1. The predicted molar refractivity (Wildman–Crippen MR) is 106 cm³/mol. The summed E-state index contributed by atoms with van der Waals surface area (Å²) in [5.74, 6) is -0.147. The normalized spacial score (nSPS) is 11.6. The van der Waals surface area contributed by atoms with Crippen LogP contribution in [0.1, 0.15) is 24.2 Å². The van der Waals surface area contributed by atoms with Gasteiger partial charge in [-0.05, 0) is 26.0 Å². The lowest BCUT2D eigenvalue weighted by molar-refractivity contribution is -0.394. The molecule has 0 radical (unpaired) electrons. The molecule has 0 fully saturated rings. The average Bonchev–Trinajstić information content (AvgIpc) is 3.05. The molecule has 0 aliphatic carbocycles. The highest BCUT2D eigenvalue weighted by Gasteiger charge is 2.20. The van der Waals surface area contributed by atoms with E-state index in [0.717, 1.165) is 28.4 Å². The van der Waals surface area contributed by atoms with Crippen LogP contribution in [0.3, 0.4) is 0 Å². The summed E-state index contributed by atoms with van der Waals surface area (Å²) in [5.41, 5.74) is -0.526. The average molecular weight is 416 g/mol. The second-order valence-electron chi connectivity index (χ2n) is 5.83. The van der Waals surface area contributed by atoms with Gasteiger partial charge in [0.25, 0.3) is 17.3 Å². The fourth-order valence-electron chi connectivity index (χ4n) is 2.83. The number of carbonyl (C=O) groups is 1. The molecule has 0 atom stereocenters. The van der Waals surface area contributed by atoms with Gasteiger partial charge in [-0.1, -0.05) is 17.4 Å². The number of rotatable bonds is 6. The molecule has 1 aromatic heterocycles. The molecule has 10 nitrogen and oxygen atoms in total. The van der Waals surface area contributed by atoms with Gasteiger partial charge < -0.3 is 9.30 Å². The van der Waals surface area contributed by atoms with Crippen LogP contribution in [0, 0.1) is 20.2 Å². The van der Waals surface area contributed by atoms with Gasteiger partial charge in [-0.15, -0.1) is 0 Å². The van der Waals surface area contributed by atoms with Crippen LogP contribution in [0.5, 0.6) is 5.75 Å². The molecular weight excluding hydrogens is 400 g/mol. The first-order valence-corrected chi connectivity index (χ1v) is 9.45. The van der Waals surface area contributed by atoms with Crippen LogP contribution in [0.15, 0.2) is 41.4 Å². The van der Waals surface area contributed by atoms with E-state index in [4.69, 9.17) is 4.74 Å². The summed E-state index contributed by atoms with van der Waals surface area (Å²) in [6.07, 6.45) is 0. The third-order valence-electron chi connectivity index (χ3n) is 4.05. The van der Waals surface area contributed by atoms with Crippen molar-refractivity contribution in [1.82, 2.24) is 4.57 Å². The zero-order valence-corrected chi connectivity index (χ0v) is 16.3. The molecule has 0 saturated carbocycles. The van der Waals surface area contributed by atoms with Crippen LogP contribution in [0.2, 0.25) is 0 Å². The fraction of sp³-hybridized carbons (Fsp3) is 0.222.